The van der Waals surface area contributed by atoms with Crippen molar-refractivity contribution >= 4 is 17.5 Å². The molecule has 0 aliphatic carbocycles. The van der Waals surface area contributed by atoms with E-state index in [0.717, 1.165) is 0 Å². The number of nitrogens with zero attached hydrogens (tertiary/aromatic N) is 3. The molecule has 0 unspecified atom stereocenters. The van der Waals surface area contributed by atoms with Gasteiger partial charge in [0, 0.05) is 18.0 Å². The zero-order chi connectivity index (χ0) is 19.6. The number of aromatic nitrogens is 2. The first-order valence-electron chi connectivity index (χ1n) is 8.40. The summed E-state index contributed by atoms with van der Waals surface area (Å²) >= 11 is 0. The molecule has 1 saturated heterocycles. The molecule has 0 spiro atoms. The minimum Gasteiger partial charge on any atom is -0.493 e. The van der Waals surface area contributed by atoms with Crippen molar-refractivity contribution in [2.75, 3.05) is 32.6 Å². The quantitative estimate of drug-likeness (QED) is 0.828. The van der Waals surface area contributed by atoms with Gasteiger partial charge >= 0.3 is 0 Å². The van der Waals surface area contributed by atoms with Crippen LogP contribution in [0.3, 0.4) is 0 Å². The monoisotopic (exact) mass is 376 g/mol. The summed E-state index contributed by atoms with van der Waals surface area (Å²) in [5.41, 5.74) is 0.592. The largest absolute Gasteiger partial charge is 0.493 e. The van der Waals surface area contributed by atoms with Crippen LogP contribution in [0, 0.1) is 6.92 Å². The van der Waals surface area contributed by atoms with E-state index in [1.165, 1.54) is 31.3 Å². The lowest BCUT2D eigenvalue weighted by Gasteiger charge is -2.34. The summed E-state index contributed by atoms with van der Waals surface area (Å²) < 4.78 is 25.4. The molecule has 8 nitrogen and oxygen atoms in total. The lowest BCUT2D eigenvalue weighted by molar-refractivity contribution is -0.116. The molecule has 0 saturated carbocycles. The Hall–Kier alpha value is -3.10. The predicted octanol–water partition coefficient (Wildman–Crippen LogP) is 1.64. The first-order chi connectivity index (χ1) is 12.9. The molecular formula is C18H21FN4O4. The van der Waals surface area contributed by atoms with E-state index in [1.807, 2.05) is 0 Å². The summed E-state index contributed by atoms with van der Waals surface area (Å²) in [6.45, 7) is 1.98. The Bertz CT molecular complexity index is 861. The Labute approximate surface area is 155 Å². The van der Waals surface area contributed by atoms with Crippen molar-refractivity contribution < 1.29 is 23.5 Å². The summed E-state index contributed by atoms with van der Waals surface area (Å²) in [4.78, 5) is 30.4. The lowest BCUT2D eigenvalue weighted by Crippen LogP contribution is -2.51. The highest BCUT2D eigenvalue weighted by Crippen LogP contribution is 2.37. The van der Waals surface area contributed by atoms with E-state index in [2.05, 4.69) is 10.3 Å². The molecule has 2 heterocycles. The average molecular weight is 376 g/mol. The molecule has 0 atom stereocenters. The van der Waals surface area contributed by atoms with Crippen LogP contribution < -0.4 is 14.8 Å². The number of likely N-dealkylation sites (tertiary alicyclic amines) is 1. The molecule has 1 aromatic heterocycles. The van der Waals surface area contributed by atoms with Crippen molar-refractivity contribution in [2.24, 2.45) is 0 Å². The summed E-state index contributed by atoms with van der Waals surface area (Å²) in [5, 5.41) is 2.74. The minimum atomic E-state index is -0.994. The van der Waals surface area contributed by atoms with Crippen molar-refractivity contribution in [2.45, 2.75) is 19.6 Å². The van der Waals surface area contributed by atoms with Crippen molar-refractivity contribution in [1.82, 2.24) is 14.5 Å². The van der Waals surface area contributed by atoms with E-state index in [9.17, 15) is 14.0 Å². The minimum absolute atomic E-state index is 0.0606. The van der Waals surface area contributed by atoms with E-state index in [0.29, 0.717) is 23.0 Å². The fourth-order valence-corrected chi connectivity index (χ4v) is 2.87. The highest BCUT2D eigenvalue weighted by molar-refractivity contribution is 5.99. The van der Waals surface area contributed by atoms with Crippen molar-refractivity contribution in [3.63, 3.8) is 0 Å². The first kappa shape index (κ1) is 18.7. The molecule has 9 heteroatoms. The summed E-state index contributed by atoms with van der Waals surface area (Å²) in [6, 6.07) is 3.02. The third-order valence-corrected chi connectivity index (χ3v) is 4.36. The Balaban J connectivity index is 1.85. The maximum atomic E-state index is 13.1. The van der Waals surface area contributed by atoms with Gasteiger partial charge in [-0.1, -0.05) is 0 Å². The van der Waals surface area contributed by atoms with Crippen LogP contribution >= 0.6 is 0 Å². The van der Waals surface area contributed by atoms with Crippen LogP contribution in [0.25, 0.3) is 0 Å². The van der Waals surface area contributed by atoms with Gasteiger partial charge in [0.2, 0.25) is 5.91 Å². The molecule has 2 aromatic rings. The summed E-state index contributed by atoms with van der Waals surface area (Å²) in [7, 11) is 2.88. The van der Waals surface area contributed by atoms with Crippen molar-refractivity contribution in [3.8, 4) is 11.5 Å². The number of imidazole rings is 1. The van der Waals surface area contributed by atoms with Crippen LogP contribution in [-0.4, -0.2) is 59.7 Å². The Morgan fingerprint density at radius 1 is 1.30 bits per heavy atom. The molecule has 1 fully saturated rings. The molecule has 2 amide bonds. The van der Waals surface area contributed by atoms with Gasteiger partial charge in [-0.05, 0) is 19.1 Å². The number of rotatable bonds is 6. The van der Waals surface area contributed by atoms with Gasteiger partial charge in [0.1, 0.15) is 18.5 Å². The number of halogens is 1. The first-order valence-corrected chi connectivity index (χ1v) is 8.40. The lowest BCUT2D eigenvalue weighted by atomic mass is 10.1. The highest BCUT2D eigenvalue weighted by Gasteiger charge is 2.32. The van der Waals surface area contributed by atoms with E-state index in [4.69, 9.17) is 9.47 Å². The fourth-order valence-electron chi connectivity index (χ4n) is 2.87. The number of carbonyl (C=O) groups is 2. The number of carbonyl (C=O) groups excluding carboxylic acids is 2. The average Bonchev–Trinajstić information content (AvgIpc) is 3.02. The molecule has 3 rings (SSSR count). The number of anilines is 1. The zero-order valence-electron chi connectivity index (χ0n) is 15.4. The normalized spacial score (nSPS) is 13.9. The molecule has 0 radical (unpaired) electrons. The molecule has 1 N–H and O–H groups in total. The third kappa shape index (κ3) is 3.86. The van der Waals surface area contributed by atoms with Gasteiger partial charge < -0.3 is 24.3 Å². The molecule has 144 valence electrons. The van der Waals surface area contributed by atoms with Gasteiger partial charge in [-0.3, -0.25) is 9.59 Å². The van der Waals surface area contributed by atoms with Crippen LogP contribution in [0.1, 0.15) is 16.2 Å². The summed E-state index contributed by atoms with van der Waals surface area (Å²) in [5.74, 6) is 0.670. The fraction of sp³-hybridized carbons (Fsp3) is 0.389. The molecule has 27 heavy (non-hydrogen) atoms. The Morgan fingerprint density at radius 2 is 2.04 bits per heavy atom. The molecular weight excluding hydrogens is 355 g/mol. The number of benzene rings is 1. The second-order valence-corrected chi connectivity index (χ2v) is 6.22. The van der Waals surface area contributed by atoms with Gasteiger partial charge in [0.25, 0.3) is 5.91 Å². The number of hydrogen-bond acceptors (Lipinski definition) is 5. The zero-order valence-corrected chi connectivity index (χ0v) is 15.4. The second-order valence-electron chi connectivity index (χ2n) is 6.22. The highest BCUT2D eigenvalue weighted by atomic mass is 19.1. The number of aryl methyl sites for hydroxylation is 1. The van der Waals surface area contributed by atoms with Crippen LogP contribution in [-0.2, 0) is 11.3 Å². The SMILES string of the molecule is COc1cc(C(=O)N2CC(F)C2)cc(NC(=O)Cn2ccnc2C)c1OC. The third-order valence-electron chi connectivity index (χ3n) is 4.36. The van der Waals surface area contributed by atoms with Gasteiger partial charge in [-0.15, -0.1) is 0 Å². The maximum Gasteiger partial charge on any atom is 0.254 e. The van der Waals surface area contributed by atoms with Gasteiger partial charge in [-0.2, -0.15) is 0 Å². The number of amides is 2. The smallest absolute Gasteiger partial charge is 0.254 e. The van der Waals surface area contributed by atoms with Crippen LogP contribution in [0.2, 0.25) is 0 Å². The second kappa shape index (κ2) is 7.65. The number of methoxy groups -OCH3 is 2. The van der Waals surface area contributed by atoms with Crippen molar-refractivity contribution in [3.05, 3.63) is 35.9 Å². The Kier molecular flexibility index (Phi) is 5.29. The summed E-state index contributed by atoms with van der Waals surface area (Å²) in [6.07, 6.45) is 2.31. The Morgan fingerprint density at radius 3 is 2.59 bits per heavy atom. The topological polar surface area (TPSA) is 85.7 Å². The van der Waals surface area contributed by atoms with Crippen molar-refractivity contribution in [1.29, 1.82) is 0 Å². The molecule has 1 aliphatic heterocycles. The van der Waals surface area contributed by atoms with Crippen LogP contribution in [0.15, 0.2) is 24.5 Å². The standard InChI is InChI=1S/C18H21FN4O4/c1-11-20-4-5-22(11)10-16(24)21-14-6-12(7-15(26-2)17(14)27-3)18(25)23-8-13(19)9-23/h4-7,13H,8-10H2,1-3H3,(H,21,24). The van der Waals surface area contributed by atoms with E-state index >= 15 is 0 Å². The van der Waals surface area contributed by atoms with Gasteiger partial charge in [0.05, 0.1) is 33.0 Å². The molecule has 1 aromatic carbocycles. The predicted molar refractivity (Wildman–Crippen MR) is 95.9 cm³/mol. The number of alkyl halides is 1. The number of nitrogens with one attached hydrogen (secondary N) is 1. The van der Waals surface area contributed by atoms with Crippen LogP contribution in [0.4, 0.5) is 10.1 Å². The maximum absolute atomic E-state index is 13.1. The van der Waals surface area contributed by atoms with E-state index in [-0.39, 0.29) is 37.0 Å². The van der Waals surface area contributed by atoms with Gasteiger partial charge in [-0.25, -0.2) is 9.37 Å². The molecule has 1 aliphatic rings. The van der Waals surface area contributed by atoms with Crippen LogP contribution in [0.5, 0.6) is 11.5 Å². The number of hydrogen-bond donors (Lipinski definition) is 1. The molecule has 0 bridgehead atoms. The van der Waals surface area contributed by atoms with E-state index in [1.54, 1.807) is 23.9 Å². The van der Waals surface area contributed by atoms with Gasteiger partial charge in [0.15, 0.2) is 11.5 Å². The number of ether oxygens (including phenoxy) is 2. The van der Waals surface area contributed by atoms with E-state index < -0.39 is 6.17 Å².